The molecule has 0 heterocycles. The van der Waals surface area contributed by atoms with Crippen molar-refractivity contribution < 1.29 is 31.1 Å². The van der Waals surface area contributed by atoms with Crippen LogP contribution < -0.4 is 10.0 Å². The maximum Gasteiger partial charge on any atom is 0.416 e. The zero-order valence-corrected chi connectivity index (χ0v) is 16.1. The molecule has 11 heteroatoms. The van der Waals surface area contributed by atoms with Crippen LogP contribution in [0.4, 0.5) is 18.0 Å². The van der Waals surface area contributed by atoms with Crippen molar-refractivity contribution in [2.24, 2.45) is 0 Å². The van der Waals surface area contributed by atoms with Crippen molar-refractivity contribution in [2.45, 2.75) is 37.4 Å². The summed E-state index contributed by atoms with van der Waals surface area (Å²) in [7, 11) is -4.17. The summed E-state index contributed by atoms with van der Waals surface area (Å²) < 4.78 is 69.6. The number of alkyl carbamates (subject to hydrolysis) is 1. The lowest BCUT2D eigenvalue weighted by Gasteiger charge is -2.19. The van der Waals surface area contributed by atoms with Gasteiger partial charge in [-0.05, 0) is 39.0 Å². The number of alkyl halides is 3. The summed E-state index contributed by atoms with van der Waals surface area (Å²) in [5.74, 6) is 0. The Bertz CT molecular complexity index is 731. The van der Waals surface area contributed by atoms with Crippen molar-refractivity contribution in [1.82, 2.24) is 10.0 Å². The molecule has 25 heavy (non-hydrogen) atoms. The third-order valence-electron chi connectivity index (χ3n) is 2.59. The van der Waals surface area contributed by atoms with E-state index in [0.717, 1.165) is 12.1 Å². The van der Waals surface area contributed by atoms with E-state index in [1.807, 2.05) is 0 Å². The van der Waals surface area contributed by atoms with Gasteiger partial charge in [-0.2, -0.15) is 13.2 Å². The molecule has 1 aromatic carbocycles. The Hall–Kier alpha value is -1.33. The molecule has 1 aromatic rings. The highest BCUT2D eigenvalue weighted by Gasteiger charge is 2.32. The number of halogens is 4. The van der Waals surface area contributed by atoms with Gasteiger partial charge in [0, 0.05) is 17.6 Å². The van der Waals surface area contributed by atoms with Crippen molar-refractivity contribution in [3.05, 3.63) is 28.2 Å². The highest BCUT2D eigenvalue weighted by Crippen LogP contribution is 2.33. The largest absolute Gasteiger partial charge is 0.444 e. The van der Waals surface area contributed by atoms with Crippen LogP contribution in [0, 0.1) is 0 Å². The van der Waals surface area contributed by atoms with Crippen molar-refractivity contribution in [3.8, 4) is 0 Å². The lowest BCUT2D eigenvalue weighted by molar-refractivity contribution is -0.137. The van der Waals surface area contributed by atoms with Gasteiger partial charge in [0.25, 0.3) is 0 Å². The van der Waals surface area contributed by atoms with Crippen molar-refractivity contribution in [2.75, 3.05) is 13.1 Å². The van der Waals surface area contributed by atoms with Crippen molar-refractivity contribution in [1.29, 1.82) is 0 Å². The number of rotatable bonds is 5. The Morgan fingerprint density at radius 2 is 1.76 bits per heavy atom. The minimum Gasteiger partial charge on any atom is -0.444 e. The minimum absolute atomic E-state index is 0.0189. The van der Waals surface area contributed by atoms with Crippen LogP contribution in [0.15, 0.2) is 27.6 Å². The molecule has 0 aliphatic heterocycles. The fraction of sp³-hybridized carbons (Fsp3) is 0.500. The topological polar surface area (TPSA) is 84.5 Å². The summed E-state index contributed by atoms with van der Waals surface area (Å²) in [5, 5.41) is 2.33. The second-order valence-corrected chi connectivity index (χ2v) is 8.68. The molecule has 1 rings (SSSR count). The normalized spacial score (nSPS) is 12.8. The fourth-order valence-electron chi connectivity index (χ4n) is 1.63. The zero-order chi connectivity index (χ0) is 19.5. The summed E-state index contributed by atoms with van der Waals surface area (Å²) >= 11 is 2.86. The molecule has 0 unspecified atom stereocenters. The second kappa shape index (κ2) is 7.92. The van der Waals surface area contributed by atoms with E-state index in [-0.39, 0.29) is 17.6 Å². The van der Waals surface area contributed by atoms with Crippen LogP contribution in [0.2, 0.25) is 0 Å². The van der Waals surface area contributed by atoms with Gasteiger partial charge in [0.1, 0.15) is 5.60 Å². The molecule has 0 fully saturated rings. The lowest BCUT2D eigenvalue weighted by atomic mass is 10.2. The van der Waals surface area contributed by atoms with Gasteiger partial charge in [0.05, 0.1) is 10.5 Å². The molecule has 0 atom stereocenters. The van der Waals surface area contributed by atoms with Crippen LogP contribution >= 0.6 is 15.9 Å². The molecule has 0 spiro atoms. The average molecular weight is 447 g/mol. The standard InChI is InChI=1S/C14H18BrF3N2O4S/c1-13(2,3)24-12(21)19-4-5-20-25(22,23)11-7-9(14(16,17)18)6-10(15)8-11/h6-8,20H,4-5H2,1-3H3,(H,19,21). The molecular formula is C14H18BrF3N2O4S. The molecule has 0 aliphatic carbocycles. The number of carbonyl (C=O) groups excluding carboxylic acids is 1. The van der Waals surface area contributed by atoms with Crippen molar-refractivity contribution in [3.63, 3.8) is 0 Å². The number of hydrogen-bond acceptors (Lipinski definition) is 4. The lowest BCUT2D eigenvalue weighted by Crippen LogP contribution is -2.37. The number of ether oxygens (including phenoxy) is 1. The first-order valence-corrected chi connectivity index (χ1v) is 9.33. The predicted molar refractivity (Wildman–Crippen MR) is 88.6 cm³/mol. The molecule has 0 bridgehead atoms. The number of carbonyl (C=O) groups is 1. The smallest absolute Gasteiger partial charge is 0.416 e. The zero-order valence-electron chi connectivity index (χ0n) is 13.7. The van der Waals surface area contributed by atoms with E-state index < -0.39 is 38.4 Å². The van der Waals surface area contributed by atoms with Crippen LogP contribution in [0.5, 0.6) is 0 Å². The van der Waals surface area contributed by atoms with Gasteiger partial charge in [-0.15, -0.1) is 0 Å². The molecular weight excluding hydrogens is 429 g/mol. The Balaban J connectivity index is 2.71. The molecule has 6 nitrogen and oxygen atoms in total. The van der Waals surface area contributed by atoms with Crippen LogP contribution in [-0.4, -0.2) is 33.2 Å². The molecule has 0 aromatic heterocycles. The number of benzene rings is 1. The fourth-order valence-corrected chi connectivity index (χ4v) is 3.38. The minimum atomic E-state index is -4.67. The first kappa shape index (κ1) is 21.7. The van der Waals surface area contributed by atoms with E-state index in [4.69, 9.17) is 4.74 Å². The van der Waals surface area contributed by atoms with E-state index >= 15 is 0 Å². The summed E-state index contributed by atoms with van der Waals surface area (Å²) in [5.41, 5.74) is -1.79. The second-order valence-electron chi connectivity index (χ2n) is 6.00. The molecule has 0 saturated heterocycles. The third-order valence-corrected chi connectivity index (χ3v) is 4.49. The summed E-state index contributed by atoms with van der Waals surface area (Å²) in [6.07, 6.45) is -5.40. The van der Waals surface area contributed by atoms with Gasteiger partial charge in [-0.3, -0.25) is 0 Å². The maximum atomic E-state index is 12.8. The summed E-state index contributed by atoms with van der Waals surface area (Å²) in [4.78, 5) is 10.9. The van der Waals surface area contributed by atoms with Crippen LogP contribution in [0.1, 0.15) is 26.3 Å². The van der Waals surface area contributed by atoms with Gasteiger partial charge < -0.3 is 10.1 Å². The third kappa shape index (κ3) is 7.61. The van der Waals surface area contributed by atoms with Crippen LogP contribution in [0.25, 0.3) is 0 Å². The van der Waals surface area contributed by atoms with Gasteiger partial charge in [0.15, 0.2) is 0 Å². The SMILES string of the molecule is CC(C)(C)OC(=O)NCCNS(=O)(=O)c1cc(Br)cc(C(F)(F)F)c1. The van der Waals surface area contributed by atoms with Crippen LogP contribution in [0.3, 0.4) is 0 Å². The van der Waals surface area contributed by atoms with Gasteiger partial charge in [-0.25, -0.2) is 17.9 Å². The van der Waals surface area contributed by atoms with E-state index in [9.17, 15) is 26.4 Å². The maximum absolute atomic E-state index is 12.8. The number of hydrogen-bond donors (Lipinski definition) is 2. The summed E-state index contributed by atoms with van der Waals surface area (Å²) in [6.45, 7) is 4.70. The monoisotopic (exact) mass is 446 g/mol. The molecule has 0 saturated carbocycles. The molecule has 1 amide bonds. The van der Waals surface area contributed by atoms with Gasteiger partial charge >= 0.3 is 12.3 Å². The van der Waals surface area contributed by atoms with E-state index in [1.165, 1.54) is 0 Å². The highest BCUT2D eigenvalue weighted by atomic mass is 79.9. The van der Waals surface area contributed by atoms with Crippen molar-refractivity contribution >= 4 is 32.0 Å². The molecule has 142 valence electrons. The molecule has 2 N–H and O–H groups in total. The predicted octanol–water partition coefficient (Wildman–Crippen LogP) is 3.27. The first-order chi connectivity index (χ1) is 11.2. The van der Waals surface area contributed by atoms with Gasteiger partial charge in [0.2, 0.25) is 10.0 Å². The first-order valence-electron chi connectivity index (χ1n) is 7.05. The highest BCUT2D eigenvalue weighted by molar-refractivity contribution is 9.10. The average Bonchev–Trinajstić information content (AvgIpc) is 2.40. The Morgan fingerprint density at radius 1 is 1.16 bits per heavy atom. The number of nitrogens with one attached hydrogen (secondary N) is 2. The van der Waals surface area contributed by atoms with E-state index in [1.54, 1.807) is 20.8 Å². The molecule has 0 aliphatic rings. The Morgan fingerprint density at radius 3 is 2.28 bits per heavy atom. The quantitative estimate of drug-likeness (QED) is 0.679. The Kier molecular flexibility index (Phi) is 6.88. The van der Waals surface area contributed by atoms with E-state index in [2.05, 4.69) is 26.0 Å². The van der Waals surface area contributed by atoms with Crippen LogP contribution in [-0.2, 0) is 20.9 Å². The number of amides is 1. The number of sulfonamides is 1. The van der Waals surface area contributed by atoms with E-state index in [0.29, 0.717) is 6.07 Å². The molecule has 0 radical (unpaired) electrons. The summed E-state index contributed by atoms with van der Waals surface area (Å²) in [6, 6.07) is 2.37. The van der Waals surface area contributed by atoms with Gasteiger partial charge in [-0.1, -0.05) is 15.9 Å². The Labute approximate surface area is 152 Å².